The topological polar surface area (TPSA) is 40.6 Å². The molecule has 0 heterocycles. The standard InChI is InChI=1S/C16H23BrN2O2/c1-5-18(6-2)16(21)9-10-19(13(4)20)14-7-8-15(17)12(3)11-14/h7-8,11H,5-6,9-10H2,1-4H3. The number of amides is 2. The summed E-state index contributed by atoms with van der Waals surface area (Å²) in [7, 11) is 0. The van der Waals surface area contributed by atoms with Crippen molar-refractivity contribution in [2.24, 2.45) is 0 Å². The molecule has 0 spiro atoms. The van der Waals surface area contributed by atoms with Crippen LogP contribution in [0.2, 0.25) is 0 Å². The Morgan fingerprint density at radius 3 is 2.29 bits per heavy atom. The van der Waals surface area contributed by atoms with Crippen LogP contribution in [0.1, 0.15) is 32.8 Å². The molecule has 0 bridgehead atoms. The fourth-order valence-electron chi connectivity index (χ4n) is 2.21. The Morgan fingerprint density at radius 2 is 1.81 bits per heavy atom. The highest BCUT2D eigenvalue weighted by Crippen LogP contribution is 2.23. The average Bonchev–Trinajstić information content (AvgIpc) is 2.43. The summed E-state index contributed by atoms with van der Waals surface area (Å²) in [6, 6.07) is 5.76. The molecule has 0 unspecified atom stereocenters. The Kier molecular flexibility index (Phi) is 6.89. The maximum absolute atomic E-state index is 12.1. The normalized spacial score (nSPS) is 10.3. The number of hydrogen-bond donors (Lipinski definition) is 0. The molecule has 5 heteroatoms. The first-order chi connectivity index (χ1) is 9.90. The lowest BCUT2D eigenvalue weighted by molar-refractivity contribution is -0.130. The molecular weight excluding hydrogens is 332 g/mol. The van der Waals surface area contributed by atoms with E-state index >= 15 is 0 Å². The first-order valence-corrected chi connectivity index (χ1v) is 8.02. The first kappa shape index (κ1) is 17.7. The van der Waals surface area contributed by atoms with Crippen LogP contribution in [0.4, 0.5) is 5.69 Å². The van der Waals surface area contributed by atoms with Crippen molar-refractivity contribution in [1.82, 2.24) is 4.90 Å². The molecule has 4 nitrogen and oxygen atoms in total. The van der Waals surface area contributed by atoms with E-state index in [0.29, 0.717) is 26.1 Å². The number of halogens is 1. The maximum Gasteiger partial charge on any atom is 0.224 e. The highest BCUT2D eigenvalue weighted by atomic mass is 79.9. The zero-order valence-corrected chi connectivity index (χ0v) is 14.7. The number of anilines is 1. The summed E-state index contributed by atoms with van der Waals surface area (Å²) < 4.78 is 1.01. The van der Waals surface area contributed by atoms with Crippen LogP contribution in [0, 0.1) is 6.92 Å². The van der Waals surface area contributed by atoms with Crippen molar-refractivity contribution in [2.45, 2.75) is 34.1 Å². The maximum atomic E-state index is 12.1. The predicted molar refractivity (Wildman–Crippen MR) is 89.5 cm³/mol. The van der Waals surface area contributed by atoms with Gasteiger partial charge in [-0.25, -0.2) is 0 Å². The van der Waals surface area contributed by atoms with E-state index in [-0.39, 0.29) is 11.8 Å². The van der Waals surface area contributed by atoms with Crippen molar-refractivity contribution in [3.8, 4) is 0 Å². The molecule has 0 radical (unpaired) electrons. The van der Waals surface area contributed by atoms with Crippen LogP contribution >= 0.6 is 15.9 Å². The molecule has 2 amide bonds. The van der Waals surface area contributed by atoms with Gasteiger partial charge in [-0.15, -0.1) is 0 Å². The van der Waals surface area contributed by atoms with Gasteiger partial charge in [0.2, 0.25) is 11.8 Å². The molecule has 0 saturated carbocycles. The van der Waals surface area contributed by atoms with Gasteiger partial charge in [0, 0.05) is 43.1 Å². The minimum atomic E-state index is -0.0518. The Bertz CT molecular complexity index is 513. The minimum absolute atomic E-state index is 0.0518. The summed E-state index contributed by atoms with van der Waals surface area (Å²) in [5.41, 5.74) is 1.89. The third-order valence-electron chi connectivity index (χ3n) is 3.50. The van der Waals surface area contributed by atoms with Crippen molar-refractivity contribution in [3.05, 3.63) is 28.2 Å². The van der Waals surface area contributed by atoms with E-state index in [4.69, 9.17) is 0 Å². The molecule has 0 saturated heterocycles. The van der Waals surface area contributed by atoms with E-state index in [2.05, 4.69) is 15.9 Å². The molecule has 0 aliphatic heterocycles. The summed E-state index contributed by atoms with van der Waals surface area (Å²) >= 11 is 3.45. The van der Waals surface area contributed by atoms with E-state index in [9.17, 15) is 9.59 Å². The SMILES string of the molecule is CCN(CC)C(=O)CCN(C(C)=O)c1ccc(Br)c(C)c1. The summed E-state index contributed by atoms with van der Waals surface area (Å²) in [5.74, 6) is 0.0316. The second-order valence-electron chi connectivity index (χ2n) is 4.92. The monoisotopic (exact) mass is 354 g/mol. The van der Waals surface area contributed by atoms with E-state index in [1.165, 1.54) is 6.92 Å². The predicted octanol–water partition coefficient (Wildman–Crippen LogP) is 3.37. The van der Waals surface area contributed by atoms with Crippen molar-refractivity contribution >= 4 is 33.4 Å². The molecule has 1 rings (SSSR count). The third-order valence-corrected chi connectivity index (χ3v) is 4.39. The van der Waals surface area contributed by atoms with E-state index in [1.54, 1.807) is 9.80 Å². The van der Waals surface area contributed by atoms with Gasteiger partial charge in [0.1, 0.15) is 0 Å². The second kappa shape index (κ2) is 8.17. The lowest BCUT2D eigenvalue weighted by atomic mass is 10.2. The minimum Gasteiger partial charge on any atom is -0.343 e. The number of carbonyl (C=O) groups is 2. The van der Waals surface area contributed by atoms with Crippen molar-refractivity contribution < 1.29 is 9.59 Å². The molecule has 1 aromatic carbocycles. The van der Waals surface area contributed by atoms with Crippen LogP contribution < -0.4 is 4.90 Å². The summed E-state index contributed by atoms with van der Waals surface area (Å²) in [4.78, 5) is 27.4. The van der Waals surface area contributed by atoms with Gasteiger partial charge in [-0.1, -0.05) is 15.9 Å². The molecule has 0 N–H and O–H groups in total. The van der Waals surface area contributed by atoms with Gasteiger partial charge in [-0.05, 0) is 44.5 Å². The molecule has 21 heavy (non-hydrogen) atoms. The lowest BCUT2D eigenvalue weighted by Crippen LogP contribution is -2.36. The molecule has 0 aliphatic rings. The molecule has 0 aliphatic carbocycles. The number of nitrogens with zero attached hydrogens (tertiary/aromatic N) is 2. The number of benzene rings is 1. The Hall–Kier alpha value is -1.36. The van der Waals surface area contributed by atoms with Gasteiger partial charge in [0.25, 0.3) is 0 Å². The Morgan fingerprint density at radius 1 is 1.19 bits per heavy atom. The molecular formula is C16H23BrN2O2. The quantitative estimate of drug-likeness (QED) is 0.785. The van der Waals surface area contributed by atoms with Crippen LogP contribution in [0.5, 0.6) is 0 Å². The highest BCUT2D eigenvalue weighted by Gasteiger charge is 2.16. The Labute approximate surface area is 135 Å². The zero-order chi connectivity index (χ0) is 16.0. The highest BCUT2D eigenvalue weighted by molar-refractivity contribution is 9.10. The number of rotatable bonds is 6. The van der Waals surface area contributed by atoms with Crippen LogP contribution in [0.25, 0.3) is 0 Å². The average molecular weight is 355 g/mol. The fourth-order valence-corrected chi connectivity index (χ4v) is 2.45. The van der Waals surface area contributed by atoms with Crippen molar-refractivity contribution in [1.29, 1.82) is 0 Å². The van der Waals surface area contributed by atoms with E-state index < -0.39 is 0 Å². The lowest BCUT2D eigenvalue weighted by Gasteiger charge is -2.24. The van der Waals surface area contributed by atoms with Gasteiger partial charge in [-0.3, -0.25) is 9.59 Å². The summed E-state index contributed by atoms with van der Waals surface area (Å²) in [6.45, 7) is 9.24. The van der Waals surface area contributed by atoms with Gasteiger partial charge in [0.15, 0.2) is 0 Å². The van der Waals surface area contributed by atoms with Gasteiger partial charge in [0.05, 0.1) is 0 Å². The van der Waals surface area contributed by atoms with E-state index in [1.807, 2.05) is 39.0 Å². The molecule has 0 aromatic heterocycles. The molecule has 0 fully saturated rings. The van der Waals surface area contributed by atoms with Crippen LogP contribution in [-0.2, 0) is 9.59 Å². The van der Waals surface area contributed by atoms with Crippen molar-refractivity contribution in [3.63, 3.8) is 0 Å². The molecule has 0 atom stereocenters. The molecule has 1 aromatic rings. The fraction of sp³-hybridized carbons (Fsp3) is 0.500. The second-order valence-corrected chi connectivity index (χ2v) is 5.77. The van der Waals surface area contributed by atoms with Gasteiger partial charge in [-0.2, -0.15) is 0 Å². The largest absolute Gasteiger partial charge is 0.343 e. The van der Waals surface area contributed by atoms with Crippen molar-refractivity contribution in [2.75, 3.05) is 24.5 Å². The van der Waals surface area contributed by atoms with Gasteiger partial charge >= 0.3 is 0 Å². The zero-order valence-electron chi connectivity index (χ0n) is 13.1. The number of carbonyl (C=O) groups excluding carboxylic acids is 2. The number of hydrogen-bond acceptors (Lipinski definition) is 2. The van der Waals surface area contributed by atoms with Crippen LogP contribution in [0.15, 0.2) is 22.7 Å². The van der Waals surface area contributed by atoms with E-state index in [0.717, 1.165) is 15.7 Å². The third kappa shape index (κ3) is 4.84. The summed E-state index contributed by atoms with van der Waals surface area (Å²) in [5, 5.41) is 0. The molecule has 116 valence electrons. The van der Waals surface area contributed by atoms with Gasteiger partial charge < -0.3 is 9.80 Å². The van der Waals surface area contributed by atoms with Crippen LogP contribution in [-0.4, -0.2) is 36.3 Å². The number of aryl methyl sites for hydroxylation is 1. The van der Waals surface area contributed by atoms with Crippen LogP contribution in [0.3, 0.4) is 0 Å². The smallest absolute Gasteiger partial charge is 0.224 e. The Balaban J connectivity index is 2.81. The first-order valence-electron chi connectivity index (χ1n) is 7.22. The summed E-state index contributed by atoms with van der Waals surface area (Å²) in [6.07, 6.45) is 0.344.